The zero-order valence-electron chi connectivity index (χ0n) is 45.0. The molecule has 1 saturated heterocycles. The van der Waals surface area contributed by atoms with Crippen LogP contribution in [0.1, 0.15) is 297 Å². The van der Waals surface area contributed by atoms with Crippen LogP contribution in [-0.2, 0) is 43.2 Å². The Labute approximate surface area is 428 Å². The van der Waals surface area contributed by atoms with Crippen molar-refractivity contribution in [2.45, 2.75) is 334 Å². The SMILES string of the molecule is CCCCCCCCCCCCCCCCCC(=O)OC(CCCCCCCCCCC)CC(=O)N[C@H]1C(O)O[C@H](CO)[C@@H](OS(=O)(=O)O)[C@@H]1OC(=O)CCCCCCCCCCCCCCCCC. The minimum Gasteiger partial charge on any atom is -0.462 e. The van der Waals surface area contributed by atoms with E-state index in [4.69, 9.17) is 18.4 Å². The normalized spacial score (nSPS) is 18.7. The van der Waals surface area contributed by atoms with Crippen LogP contribution >= 0.6 is 0 Å². The second-order valence-corrected chi connectivity index (χ2v) is 21.7. The van der Waals surface area contributed by atoms with Crippen molar-refractivity contribution in [1.29, 1.82) is 0 Å². The summed E-state index contributed by atoms with van der Waals surface area (Å²) in [7, 11) is -5.16. The first-order valence-electron chi connectivity index (χ1n) is 29.2. The highest BCUT2D eigenvalue weighted by atomic mass is 32.3. The predicted octanol–water partition coefficient (Wildman–Crippen LogP) is 14.0. The molecule has 4 N–H and O–H groups in total. The van der Waals surface area contributed by atoms with E-state index in [0.717, 1.165) is 70.6 Å². The van der Waals surface area contributed by atoms with Gasteiger partial charge >= 0.3 is 22.3 Å². The molecular formula is C56H107NO12S. The quantitative estimate of drug-likeness (QED) is 0.0256. The van der Waals surface area contributed by atoms with Gasteiger partial charge in [0.25, 0.3) is 0 Å². The van der Waals surface area contributed by atoms with E-state index in [1.54, 1.807) is 0 Å². The predicted molar refractivity (Wildman–Crippen MR) is 282 cm³/mol. The van der Waals surface area contributed by atoms with E-state index in [9.17, 15) is 37.6 Å². The van der Waals surface area contributed by atoms with Crippen LogP contribution in [0, 0.1) is 0 Å². The van der Waals surface area contributed by atoms with Crippen molar-refractivity contribution in [3.8, 4) is 0 Å². The average Bonchev–Trinajstić information content (AvgIpc) is 3.32. The van der Waals surface area contributed by atoms with Crippen molar-refractivity contribution in [3.63, 3.8) is 0 Å². The van der Waals surface area contributed by atoms with Gasteiger partial charge in [0.15, 0.2) is 12.4 Å². The second-order valence-electron chi connectivity index (χ2n) is 20.6. The van der Waals surface area contributed by atoms with Crippen molar-refractivity contribution >= 4 is 28.2 Å². The van der Waals surface area contributed by atoms with Crippen LogP contribution in [0.4, 0.5) is 0 Å². The molecule has 14 heteroatoms. The lowest BCUT2D eigenvalue weighted by Gasteiger charge is -2.43. The molecule has 1 aliphatic heterocycles. The maximum Gasteiger partial charge on any atom is 0.397 e. The molecule has 0 aromatic rings. The summed E-state index contributed by atoms with van der Waals surface area (Å²) in [6.07, 6.45) is 38.5. The average molecular weight is 1020 g/mol. The molecule has 1 fully saturated rings. The number of carbonyl (C=O) groups excluding carboxylic acids is 3. The first-order chi connectivity index (χ1) is 33.9. The van der Waals surface area contributed by atoms with Gasteiger partial charge in [-0.2, -0.15) is 8.42 Å². The number of carbonyl (C=O) groups is 3. The molecule has 1 rings (SSSR count). The van der Waals surface area contributed by atoms with Crippen LogP contribution in [0.15, 0.2) is 0 Å². The van der Waals surface area contributed by atoms with Crippen LogP contribution < -0.4 is 5.32 Å². The van der Waals surface area contributed by atoms with Crippen molar-refractivity contribution in [2.75, 3.05) is 6.61 Å². The van der Waals surface area contributed by atoms with Gasteiger partial charge in [0.1, 0.15) is 24.4 Å². The van der Waals surface area contributed by atoms with Gasteiger partial charge in [-0.25, -0.2) is 4.18 Å². The first kappa shape index (κ1) is 66.2. The molecule has 1 aliphatic rings. The summed E-state index contributed by atoms with van der Waals surface area (Å²) in [5.41, 5.74) is 0. The molecular weight excluding hydrogens is 911 g/mol. The summed E-state index contributed by atoms with van der Waals surface area (Å²) >= 11 is 0. The monoisotopic (exact) mass is 1020 g/mol. The van der Waals surface area contributed by atoms with E-state index in [2.05, 4.69) is 26.1 Å². The third-order valence-corrected chi connectivity index (χ3v) is 14.4. The van der Waals surface area contributed by atoms with Crippen molar-refractivity contribution in [2.24, 2.45) is 0 Å². The van der Waals surface area contributed by atoms with Gasteiger partial charge in [0.2, 0.25) is 5.91 Å². The third kappa shape index (κ3) is 37.8. The maximum absolute atomic E-state index is 13.8. The summed E-state index contributed by atoms with van der Waals surface area (Å²) < 4.78 is 55.6. The molecule has 0 aromatic carbocycles. The number of aliphatic hydroxyl groups excluding tert-OH is 2. The van der Waals surface area contributed by atoms with E-state index >= 15 is 0 Å². The van der Waals surface area contributed by atoms with E-state index in [1.165, 1.54) is 167 Å². The van der Waals surface area contributed by atoms with Gasteiger partial charge in [0, 0.05) is 12.8 Å². The van der Waals surface area contributed by atoms with Gasteiger partial charge in [0.05, 0.1) is 13.0 Å². The Hall–Kier alpha value is -1.84. The van der Waals surface area contributed by atoms with E-state index in [1.807, 2.05) is 0 Å². The standard InChI is InChI=1S/C56H107NO12S/c1-4-7-10-13-16-19-21-23-25-27-29-32-35-38-41-44-51(60)66-48(43-40-37-34-31-18-15-12-9-6-3)46-50(59)57-53-55(54(69-70(63,64)65)49(47-58)67-56(53)62)68-52(61)45-42-39-36-33-30-28-26-24-22-20-17-14-11-8-5-2/h48-49,53-56,58,62H,4-47H2,1-3H3,(H,57,59)(H,63,64,65)/t48?,49-,53-,54-,55-,56?/m1/s1. The molecule has 0 radical (unpaired) electrons. The number of amides is 1. The lowest BCUT2D eigenvalue weighted by atomic mass is 9.96. The maximum atomic E-state index is 13.8. The molecule has 0 bridgehead atoms. The molecule has 414 valence electrons. The number of unbranched alkanes of at least 4 members (excludes halogenated alkanes) is 36. The highest BCUT2D eigenvalue weighted by Gasteiger charge is 2.50. The van der Waals surface area contributed by atoms with Crippen molar-refractivity contribution in [1.82, 2.24) is 5.32 Å². The summed E-state index contributed by atoms with van der Waals surface area (Å²) in [6.45, 7) is 5.85. The number of rotatable bonds is 50. The van der Waals surface area contributed by atoms with Crippen LogP contribution in [0.2, 0.25) is 0 Å². The Kier molecular flexibility index (Phi) is 43.2. The van der Waals surface area contributed by atoms with Crippen LogP contribution in [0.25, 0.3) is 0 Å². The highest BCUT2D eigenvalue weighted by Crippen LogP contribution is 2.28. The Morgan fingerprint density at radius 3 is 1.21 bits per heavy atom. The van der Waals surface area contributed by atoms with Crippen molar-refractivity contribution < 1.29 is 56.0 Å². The number of aliphatic hydroxyl groups is 2. The van der Waals surface area contributed by atoms with E-state index < -0.39 is 65.6 Å². The number of hydrogen-bond donors (Lipinski definition) is 4. The second kappa shape index (κ2) is 45.7. The fourth-order valence-electron chi connectivity index (χ4n) is 9.69. The minimum atomic E-state index is -5.16. The van der Waals surface area contributed by atoms with Gasteiger partial charge in [-0.1, -0.05) is 252 Å². The molecule has 0 aliphatic carbocycles. The van der Waals surface area contributed by atoms with Crippen LogP contribution in [-0.4, -0.2) is 84.4 Å². The van der Waals surface area contributed by atoms with Gasteiger partial charge in [-0.15, -0.1) is 0 Å². The lowest BCUT2D eigenvalue weighted by Crippen LogP contribution is -2.66. The summed E-state index contributed by atoms with van der Waals surface area (Å²) in [6, 6.07) is -1.53. The Balaban J connectivity index is 2.76. The number of ether oxygens (including phenoxy) is 3. The summed E-state index contributed by atoms with van der Waals surface area (Å²) in [5.74, 6) is -1.74. The lowest BCUT2D eigenvalue weighted by molar-refractivity contribution is -0.254. The smallest absolute Gasteiger partial charge is 0.397 e. The minimum absolute atomic E-state index is 0.00904. The van der Waals surface area contributed by atoms with Gasteiger partial charge < -0.3 is 29.7 Å². The molecule has 6 atom stereocenters. The summed E-state index contributed by atoms with van der Waals surface area (Å²) in [5, 5.41) is 23.8. The zero-order valence-corrected chi connectivity index (χ0v) is 45.8. The Morgan fingerprint density at radius 1 is 0.514 bits per heavy atom. The van der Waals surface area contributed by atoms with E-state index in [-0.39, 0.29) is 25.2 Å². The topological polar surface area (TPSA) is 195 Å². The first-order valence-corrected chi connectivity index (χ1v) is 30.6. The zero-order chi connectivity index (χ0) is 51.3. The molecule has 70 heavy (non-hydrogen) atoms. The molecule has 0 saturated carbocycles. The summed E-state index contributed by atoms with van der Waals surface area (Å²) in [4.78, 5) is 40.2. The van der Waals surface area contributed by atoms with Crippen LogP contribution in [0.3, 0.4) is 0 Å². The Morgan fingerprint density at radius 2 is 0.857 bits per heavy atom. The fourth-order valence-corrected chi connectivity index (χ4v) is 10.2. The Bertz CT molecular complexity index is 1350. The van der Waals surface area contributed by atoms with E-state index in [0.29, 0.717) is 19.3 Å². The number of esters is 2. The molecule has 0 spiro atoms. The molecule has 1 heterocycles. The van der Waals surface area contributed by atoms with Gasteiger partial charge in [-0.05, 0) is 25.7 Å². The van der Waals surface area contributed by atoms with Crippen molar-refractivity contribution in [3.05, 3.63) is 0 Å². The molecule has 0 aromatic heterocycles. The highest BCUT2D eigenvalue weighted by molar-refractivity contribution is 7.80. The molecule has 1 amide bonds. The number of nitrogens with one attached hydrogen (secondary N) is 1. The largest absolute Gasteiger partial charge is 0.462 e. The number of hydrogen-bond acceptors (Lipinski definition) is 11. The van der Waals surface area contributed by atoms with Crippen LogP contribution in [0.5, 0.6) is 0 Å². The fraction of sp³-hybridized carbons (Fsp3) is 0.946. The molecule has 2 unspecified atom stereocenters. The molecule has 13 nitrogen and oxygen atoms in total. The van der Waals surface area contributed by atoms with Gasteiger partial charge in [-0.3, -0.25) is 18.9 Å². The third-order valence-electron chi connectivity index (χ3n) is 14.0.